The van der Waals surface area contributed by atoms with Crippen LogP contribution in [0.3, 0.4) is 0 Å². The Kier molecular flexibility index (Phi) is 1.83. The molecule has 3 rings (SSSR count). The lowest BCUT2D eigenvalue weighted by Crippen LogP contribution is -2.07. The Morgan fingerprint density at radius 3 is 2.73 bits per heavy atom. The van der Waals surface area contributed by atoms with Crippen molar-refractivity contribution in [2.75, 3.05) is 0 Å². The molecule has 0 spiro atoms. The largest absolute Gasteiger partial charge is 0.475 e. The maximum Gasteiger partial charge on any atom is 0.213 e. The molecule has 2 atom stereocenters. The van der Waals surface area contributed by atoms with Crippen LogP contribution >= 0.6 is 0 Å². The summed E-state index contributed by atoms with van der Waals surface area (Å²) in [7, 11) is 0. The van der Waals surface area contributed by atoms with E-state index in [9.17, 15) is 0 Å². The molecule has 1 aromatic heterocycles. The lowest BCUT2D eigenvalue weighted by atomic mass is 9.99. The van der Waals surface area contributed by atoms with Gasteiger partial charge in [0.2, 0.25) is 5.88 Å². The second-order valence-electron chi connectivity index (χ2n) is 4.18. The highest BCUT2D eigenvalue weighted by Gasteiger charge is 2.34. The second-order valence-corrected chi connectivity index (χ2v) is 4.18. The van der Waals surface area contributed by atoms with Gasteiger partial charge < -0.3 is 9.47 Å². The quantitative estimate of drug-likeness (QED) is 0.692. The lowest BCUT2D eigenvalue weighted by molar-refractivity contribution is 0.0877. The van der Waals surface area contributed by atoms with Crippen molar-refractivity contribution in [2.24, 2.45) is 0 Å². The van der Waals surface area contributed by atoms with Gasteiger partial charge in [0.05, 0.1) is 6.10 Å². The Labute approximate surface area is 88.7 Å². The fourth-order valence-corrected chi connectivity index (χ4v) is 2.06. The Hall–Kier alpha value is -1.35. The first kappa shape index (κ1) is 8.92. The smallest absolute Gasteiger partial charge is 0.213 e. The topological polar surface area (TPSA) is 31.4 Å². The van der Waals surface area contributed by atoms with Gasteiger partial charge in [-0.25, -0.2) is 4.98 Å². The molecule has 78 valence electrons. The molecule has 2 bridgehead atoms. The predicted molar refractivity (Wildman–Crippen MR) is 55.7 cm³/mol. The number of aromatic nitrogens is 1. The average Bonchev–Trinajstić information content (AvgIpc) is 2.76. The van der Waals surface area contributed by atoms with Crippen LogP contribution in [0.5, 0.6) is 5.88 Å². The van der Waals surface area contributed by atoms with Crippen molar-refractivity contribution in [1.82, 2.24) is 4.98 Å². The molecule has 2 aliphatic heterocycles. The number of ether oxygens (including phenoxy) is 2. The summed E-state index contributed by atoms with van der Waals surface area (Å²) in [6.07, 6.45) is 6.42. The van der Waals surface area contributed by atoms with E-state index in [1.165, 1.54) is 11.1 Å². The maximum absolute atomic E-state index is 5.70. The number of rotatable bonds is 2. The molecule has 0 aromatic carbocycles. The van der Waals surface area contributed by atoms with Crippen molar-refractivity contribution in [3.63, 3.8) is 0 Å². The molecule has 0 aliphatic carbocycles. The predicted octanol–water partition coefficient (Wildman–Crippen LogP) is 2.55. The zero-order valence-corrected chi connectivity index (χ0v) is 8.81. The maximum atomic E-state index is 5.70. The van der Waals surface area contributed by atoms with Crippen LogP contribution in [0.15, 0.2) is 24.4 Å². The summed E-state index contributed by atoms with van der Waals surface area (Å²) >= 11 is 0. The van der Waals surface area contributed by atoms with Gasteiger partial charge >= 0.3 is 0 Å². The Morgan fingerprint density at radius 1 is 1.27 bits per heavy atom. The van der Waals surface area contributed by atoms with Crippen LogP contribution in [-0.2, 0) is 4.74 Å². The van der Waals surface area contributed by atoms with Gasteiger partial charge in [-0.05, 0) is 19.4 Å². The number of hydrogen-bond donors (Lipinski definition) is 0. The van der Waals surface area contributed by atoms with E-state index in [0.29, 0.717) is 5.88 Å². The molecular weight excluding hydrogens is 190 g/mol. The van der Waals surface area contributed by atoms with E-state index in [-0.39, 0.29) is 18.3 Å². The van der Waals surface area contributed by atoms with E-state index in [2.05, 4.69) is 17.1 Å². The summed E-state index contributed by atoms with van der Waals surface area (Å²) in [6, 6.07) is 1.99. The Balaban J connectivity index is 1.96. The van der Waals surface area contributed by atoms with Gasteiger partial charge in [-0.1, -0.05) is 12.2 Å². The molecular formula is C12H13NO2. The molecule has 3 heterocycles. The van der Waals surface area contributed by atoms with Gasteiger partial charge in [0.1, 0.15) is 12.2 Å². The minimum atomic E-state index is 0.113. The summed E-state index contributed by atoms with van der Waals surface area (Å²) < 4.78 is 11.3. The number of pyridine rings is 1. The molecule has 1 aromatic rings. The van der Waals surface area contributed by atoms with Crippen molar-refractivity contribution in [3.8, 4) is 5.88 Å². The molecule has 3 heteroatoms. The van der Waals surface area contributed by atoms with Crippen LogP contribution in [0, 0.1) is 0 Å². The molecule has 0 N–H and O–H groups in total. The van der Waals surface area contributed by atoms with Crippen LogP contribution in [0.25, 0.3) is 0 Å². The highest BCUT2D eigenvalue weighted by atomic mass is 16.5. The Morgan fingerprint density at radius 2 is 2.00 bits per heavy atom. The monoisotopic (exact) mass is 203 g/mol. The van der Waals surface area contributed by atoms with E-state index in [1.807, 2.05) is 26.1 Å². The molecule has 0 amide bonds. The van der Waals surface area contributed by atoms with E-state index >= 15 is 0 Å². The highest BCUT2D eigenvalue weighted by Crippen LogP contribution is 2.46. The van der Waals surface area contributed by atoms with Crippen LogP contribution in [-0.4, -0.2) is 11.1 Å². The van der Waals surface area contributed by atoms with E-state index in [0.717, 1.165) is 0 Å². The van der Waals surface area contributed by atoms with Crippen molar-refractivity contribution >= 4 is 0 Å². The minimum Gasteiger partial charge on any atom is -0.475 e. The number of nitrogens with zero attached hydrogens (tertiary/aromatic N) is 1. The molecule has 15 heavy (non-hydrogen) atoms. The summed E-state index contributed by atoms with van der Waals surface area (Å²) in [5.41, 5.74) is 2.38. The average molecular weight is 203 g/mol. The Bertz CT molecular complexity index is 426. The number of hydrogen-bond acceptors (Lipinski definition) is 3. The van der Waals surface area contributed by atoms with Crippen molar-refractivity contribution in [3.05, 3.63) is 35.5 Å². The summed E-state index contributed by atoms with van der Waals surface area (Å²) in [4.78, 5) is 4.27. The molecule has 0 saturated carbocycles. The molecule has 0 unspecified atom stereocenters. The minimum absolute atomic E-state index is 0.113. The molecule has 2 aliphatic rings. The standard InChI is InChI=1S/C12H13NO2/c1-7(2)14-12-5-8-9(6-13-12)11-4-3-10(8)15-11/h3-7,10-11H,1-2H3/t10-,11+/m0/s1. The van der Waals surface area contributed by atoms with Gasteiger partial charge in [-0.2, -0.15) is 0 Å². The van der Waals surface area contributed by atoms with Gasteiger partial charge in [0.15, 0.2) is 0 Å². The van der Waals surface area contributed by atoms with Crippen molar-refractivity contribution in [2.45, 2.75) is 32.2 Å². The lowest BCUT2D eigenvalue weighted by Gasteiger charge is -2.11. The summed E-state index contributed by atoms with van der Waals surface area (Å²) in [6.45, 7) is 3.99. The summed E-state index contributed by atoms with van der Waals surface area (Å²) in [5, 5.41) is 0. The van der Waals surface area contributed by atoms with Crippen molar-refractivity contribution in [1.29, 1.82) is 0 Å². The first-order valence-electron chi connectivity index (χ1n) is 5.24. The van der Waals surface area contributed by atoms with Crippen LogP contribution in [0.4, 0.5) is 0 Å². The SMILES string of the molecule is CC(C)Oc1cc2c(cn1)[C@H]1C=C[C@@H]2O1. The first-order valence-corrected chi connectivity index (χ1v) is 5.24. The fraction of sp³-hybridized carbons (Fsp3) is 0.417. The van der Waals surface area contributed by atoms with Crippen LogP contribution in [0.1, 0.15) is 37.2 Å². The molecule has 3 nitrogen and oxygen atoms in total. The molecule has 0 radical (unpaired) electrons. The first-order chi connectivity index (χ1) is 7.24. The van der Waals surface area contributed by atoms with E-state index < -0.39 is 0 Å². The zero-order chi connectivity index (χ0) is 10.4. The van der Waals surface area contributed by atoms with E-state index in [4.69, 9.17) is 9.47 Å². The normalized spacial score (nSPS) is 26.1. The van der Waals surface area contributed by atoms with Gasteiger partial charge in [-0.3, -0.25) is 0 Å². The summed E-state index contributed by atoms with van der Waals surface area (Å²) in [5.74, 6) is 0.688. The van der Waals surface area contributed by atoms with Crippen LogP contribution < -0.4 is 4.74 Å². The fourth-order valence-electron chi connectivity index (χ4n) is 2.06. The zero-order valence-electron chi connectivity index (χ0n) is 8.81. The third-order valence-electron chi connectivity index (χ3n) is 2.67. The number of fused-ring (bicyclic) bond motifs is 5. The third kappa shape index (κ3) is 1.35. The van der Waals surface area contributed by atoms with Gasteiger partial charge in [0.25, 0.3) is 0 Å². The molecule has 0 saturated heterocycles. The van der Waals surface area contributed by atoms with Gasteiger partial charge in [0, 0.05) is 17.8 Å². The second kappa shape index (κ2) is 3.07. The third-order valence-corrected chi connectivity index (χ3v) is 2.67. The van der Waals surface area contributed by atoms with Crippen LogP contribution in [0.2, 0.25) is 0 Å². The van der Waals surface area contributed by atoms with Gasteiger partial charge in [-0.15, -0.1) is 0 Å². The van der Waals surface area contributed by atoms with E-state index in [1.54, 1.807) is 0 Å². The highest BCUT2D eigenvalue weighted by molar-refractivity contribution is 5.43. The molecule has 0 fully saturated rings. The van der Waals surface area contributed by atoms with Crippen molar-refractivity contribution < 1.29 is 9.47 Å².